The Labute approximate surface area is 112 Å². The molecule has 100 valence electrons. The number of nitrogens with zero attached hydrogens (tertiary/aromatic N) is 2. The van der Waals surface area contributed by atoms with Crippen molar-refractivity contribution in [3.05, 3.63) is 48.0 Å². The van der Waals surface area contributed by atoms with Crippen molar-refractivity contribution in [3.8, 4) is 0 Å². The monoisotopic (exact) mass is 260 g/mol. The zero-order valence-corrected chi connectivity index (χ0v) is 10.9. The lowest BCUT2D eigenvalue weighted by molar-refractivity contribution is 0.625. The van der Waals surface area contributed by atoms with Gasteiger partial charge < -0.3 is 10.6 Å². The summed E-state index contributed by atoms with van der Waals surface area (Å²) in [6, 6.07) is 8.48. The standard InChI is InChI=1S/C14H17FN4/c1-2-16-13-9-14(19-10-18-13)17-7-6-11-4-3-5-12(15)8-11/h3-5,8-10H,2,6-7H2,1H3,(H2,16,17,18,19). The first-order valence-corrected chi connectivity index (χ1v) is 6.32. The molecule has 5 heteroatoms. The fraction of sp³-hybridized carbons (Fsp3) is 0.286. The Morgan fingerprint density at radius 1 is 1.11 bits per heavy atom. The highest BCUT2D eigenvalue weighted by Gasteiger charge is 1.98. The third kappa shape index (κ3) is 4.21. The smallest absolute Gasteiger partial charge is 0.131 e. The molecule has 1 aromatic carbocycles. The summed E-state index contributed by atoms with van der Waals surface area (Å²) in [5.74, 6) is 1.36. The molecule has 4 nitrogen and oxygen atoms in total. The molecule has 2 rings (SSSR count). The van der Waals surface area contributed by atoms with Crippen LogP contribution in [-0.4, -0.2) is 23.1 Å². The molecule has 0 unspecified atom stereocenters. The van der Waals surface area contributed by atoms with Gasteiger partial charge in [0.15, 0.2) is 0 Å². The Balaban J connectivity index is 1.87. The number of nitrogens with one attached hydrogen (secondary N) is 2. The summed E-state index contributed by atoms with van der Waals surface area (Å²) >= 11 is 0. The van der Waals surface area contributed by atoms with E-state index in [9.17, 15) is 4.39 Å². The van der Waals surface area contributed by atoms with Gasteiger partial charge in [0.2, 0.25) is 0 Å². The first-order chi connectivity index (χ1) is 9.28. The van der Waals surface area contributed by atoms with Crippen molar-refractivity contribution in [2.75, 3.05) is 23.7 Å². The van der Waals surface area contributed by atoms with Gasteiger partial charge in [0.25, 0.3) is 0 Å². The first-order valence-electron chi connectivity index (χ1n) is 6.32. The van der Waals surface area contributed by atoms with Gasteiger partial charge in [0, 0.05) is 19.2 Å². The largest absolute Gasteiger partial charge is 0.370 e. The van der Waals surface area contributed by atoms with E-state index in [0.717, 1.165) is 30.2 Å². The highest BCUT2D eigenvalue weighted by molar-refractivity contribution is 5.46. The number of anilines is 2. The lowest BCUT2D eigenvalue weighted by Gasteiger charge is -2.07. The van der Waals surface area contributed by atoms with E-state index < -0.39 is 0 Å². The maximum Gasteiger partial charge on any atom is 0.131 e. The molecule has 2 N–H and O–H groups in total. The van der Waals surface area contributed by atoms with Crippen LogP contribution in [0, 0.1) is 5.82 Å². The Morgan fingerprint density at radius 3 is 2.63 bits per heavy atom. The number of hydrogen-bond donors (Lipinski definition) is 2. The molecule has 0 spiro atoms. The van der Waals surface area contributed by atoms with Crippen molar-refractivity contribution < 1.29 is 4.39 Å². The fourth-order valence-electron chi connectivity index (χ4n) is 1.76. The van der Waals surface area contributed by atoms with E-state index in [1.807, 2.05) is 19.1 Å². The second kappa shape index (κ2) is 6.68. The average molecular weight is 260 g/mol. The molecule has 0 aliphatic heterocycles. The predicted molar refractivity (Wildman–Crippen MR) is 74.8 cm³/mol. The van der Waals surface area contributed by atoms with Gasteiger partial charge in [-0.15, -0.1) is 0 Å². The molecular weight excluding hydrogens is 243 g/mol. The number of halogens is 1. The van der Waals surface area contributed by atoms with Gasteiger partial charge in [0.1, 0.15) is 23.8 Å². The van der Waals surface area contributed by atoms with Gasteiger partial charge in [0.05, 0.1) is 0 Å². The maximum absolute atomic E-state index is 13.0. The first kappa shape index (κ1) is 13.3. The van der Waals surface area contributed by atoms with Gasteiger partial charge >= 0.3 is 0 Å². The van der Waals surface area contributed by atoms with Crippen molar-refractivity contribution in [2.24, 2.45) is 0 Å². The Morgan fingerprint density at radius 2 is 1.89 bits per heavy atom. The van der Waals surface area contributed by atoms with Crippen molar-refractivity contribution in [3.63, 3.8) is 0 Å². The molecular formula is C14H17FN4. The number of benzene rings is 1. The maximum atomic E-state index is 13.0. The lowest BCUT2D eigenvalue weighted by Crippen LogP contribution is -2.08. The van der Waals surface area contributed by atoms with E-state index >= 15 is 0 Å². The predicted octanol–water partition coefficient (Wildman–Crippen LogP) is 2.70. The molecule has 0 amide bonds. The van der Waals surface area contributed by atoms with Crippen LogP contribution in [0.15, 0.2) is 36.7 Å². The van der Waals surface area contributed by atoms with Gasteiger partial charge in [-0.05, 0) is 31.0 Å². The molecule has 0 aliphatic rings. The van der Waals surface area contributed by atoms with Crippen LogP contribution >= 0.6 is 0 Å². The van der Waals surface area contributed by atoms with E-state index in [2.05, 4.69) is 20.6 Å². The second-order valence-corrected chi connectivity index (χ2v) is 4.13. The molecule has 0 radical (unpaired) electrons. The zero-order valence-electron chi connectivity index (χ0n) is 10.9. The molecule has 19 heavy (non-hydrogen) atoms. The Bertz CT molecular complexity index is 530. The van der Waals surface area contributed by atoms with Gasteiger partial charge in [-0.3, -0.25) is 0 Å². The minimum Gasteiger partial charge on any atom is -0.370 e. The summed E-state index contributed by atoms with van der Waals surface area (Å²) in [4.78, 5) is 8.23. The van der Waals surface area contributed by atoms with E-state index in [1.165, 1.54) is 12.4 Å². The van der Waals surface area contributed by atoms with Crippen LogP contribution in [0.4, 0.5) is 16.0 Å². The van der Waals surface area contributed by atoms with Crippen LogP contribution in [-0.2, 0) is 6.42 Å². The van der Waals surface area contributed by atoms with E-state index in [1.54, 1.807) is 12.1 Å². The molecule has 1 heterocycles. The second-order valence-electron chi connectivity index (χ2n) is 4.13. The van der Waals surface area contributed by atoms with Crippen LogP contribution in [0.1, 0.15) is 12.5 Å². The van der Waals surface area contributed by atoms with E-state index in [-0.39, 0.29) is 5.82 Å². The van der Waals surface area contributed by atoms with E-state index in [0.29, 0.717) is 6.54 Å². The normalized spacial score (nSPS) is 10.2. The molecule has 0 saturated carbocycles. The summed E-state index contributed by atoms with van der Waals surface area (Å²) in [6.07, 6.45) is 2.26. The summed E-state index contributed by atoms with van der Waals surface area (Å²) < 4.78 is 13.0. The minimum atomic E-state index is -0.200. The highest BCUT2D eigenvalue weighted by Crippen LogP contribution is 2.09. The molecule has 2 aromatic rings. The highest BCUT2D eigenvalue weighted by atomic mass is 19.1. The number of aromatic nitrogens is 2. The van der Waals surface area contributed by atoms with Gasteiger partial charge in [-0.1, -0.05) is 12.1 Å². The van der Waals surface area contributed by atoms with Gasteiger partial charge in [-0.2, -0.15) is 0 Å². The molecule has 1 aromatic heterocycles. The molecule has 0 aliphatic carbocycles. The lowest BCUT2D eigenvalue weighted by atomic mass is 10.1. The van der Waals surface area contributed by atoms with Crippen molar-refractivity contribution in [2.45, 2.75) is 13.3 Å². The van der Waals surface area contributed by atoms with Crippen LogP contribution < -0.4 is 10.6 Å². The van der Waals surface area contributed by atoms with Gasteiger partial charge in [-0.25, -0.2) is 14.4 Å². The molecule has 0 atom stereocenters. The molecule has 0 saturated heterocycles. The number of hydrogen-bond acceptors (Lipinski definition) is 4. The molecule has 0 fully saturated rings. The quantitative estimate of drug-likeness (QED) is 0.838. The van der Waals surface area contributed by atoms with Crippen molar-refractivity contribution in [1.82, 2.24) is 9.97 Å². The number of rotatable bonds is 6. The summed E-state index contributed by atoms with van der Waals surface area (Å²) in [5, 5.41) is 6.32. The van der Waals surface area contributed by atoms with E-state index in [4.69, 9.17) is 0 Å². The topological polar surface area (TPSA) is 49.8 Å². The fourth-order valence-corrected chi connectivity index (χ4v) is 1.76. The Kier molecular flexibility index (Phi) is 4.66. The van der Waals surface area contributed by atoms with Crippen molar-refractivity contribution >= 4 is 11.6 Å². The third-order valence-electron chi connectivity index (χ3n) is 2.63. The van der Waals surface area contributed by atoms with Crippen LogP contribution in [0.5, 0.6) is 0 Å². The van der Waals surface area contributed by atoms with Crippen LogP contribution in [0.2, 0.25) is 0 Å². The van der Waals surface area contributed by atoms with Crippen molar-refractivity contribution in [1.29, 1.82) is 0 Å². The summed E-state index contributed by atoms with van der Waals surface area (Å²) in [6.45, 7) is 3.53. The Hall–Kier alpha value is -2.17. The SMILES string of the molecule is CCNc1cc(NCCc2cccc(F)c2)ncn1. The zero-order chi connectivity index (χ0) is 13.5. The van der Waals surface area contributed by atoms with Crippen LogP contribution in [0.25, 0.3) is 0 Å². The summed E-state index contributed by atoms with van der Waals surface area (Å²) in [5.41, 5.74) is 0.966. The van der Waals surface area contributed by atoms with Crippen LogP contribution in [0.3, 0.4) is 0 Å². The average Bonchev–Trinajstić information content (AvgIpc) is 2.40. The summed E-state index contributed by atoms with van der Waals surface area (Å²) in [7, 11) is 0. The third-order valence-corrected chi connectivity index (χ3v) is 2.63. The minimum absolute atomic E-state index is 0.200. The molecule has 0 bridgehead atoms.